The number of hydrogen-bond acceptors (Lipinski definition) is 2. The minimum atomic E-state index is -0.841. The van der Waals surface area contributed by atoms with Crippen molar-refractivity contribution in [3.63, 3.8) is 0 Å². The highest BCUT2D eigenvalue weighted by Crippen LogP contribution is 2.25. The van der Waals surface area contributed by atoms with Crippen LogP contribution in [0.5, 0.6) is 11.5 Å². The number of benzene rings is 2. The normalized spacial score (nSPS) is 11.2. The van der Waals surface area contributed by atoms with Crippen molar-refractivity contribution < 1.29 is 14.6 Å². The SMILES string of the molecule is C.CC(C(=O)O)c1cccc(Oc2ccccc2)c1. The van der Waals surface area contributed by atoms with Crippen LogP contribution in [-0.2, 0) is 4.79 Å². The minimum Gasteiger partial charge on any atom is -0.481 e. The molecule has 3 nitrogen and oxygen atoms in total. The summed E-state index contributed by atoms with van der Waals surface area (Å²) in [5, 5.41) is 8.98. The molecule has 0 aliphatic rings. The average molecular weight is 258 g/mol. The Labute approximate surface area is 113 Å². The van der Waals surface area contributed by atoms with Gasteiger partial charge in [0, 0.05) is 0 Å². The molecular formula is C16H18O3. The molecule has 2 aromatic rings. The van der Waals surface area contributed by atoms with E-state index >= 15 is 0 Å². The maximum atomic E-state index is 10.9. The van der Waals surface area contributed by atoms with E-state index in [4.69, 9.17) is 9.84 Å². The van der Waals surface area contributed by atoms with Crippen LogP contribution in [-0.4, -0.2) is 11.1 Å². The van der Waals surface area contributed by atoms with E-state index in [2.05, 4.69) is 0 Å². The van der Waals surface area contributed by atoms with Gasteiger partial charge >= 0.3 is 5.97 Å². The maximum absolute atomic E-state index is 10.9. The Bertz CT molecular complexity index is 535. The predicted octanol–water partition coefficient (Wildman–Crippen LogP) is 4.30. The van der Waals surface area contributed by atoms with Gasteiger partial charge in [0.1, 0.15) is 11.5 Å². The Kier molecular flexibility index (Phi) is 5.12. The number of para-hydroxylation sites is 1. The monoisotopic (exact) mass is 258 g/mol. The Morgan fingerprint density at radius 3 is 2.32 bits per heavy atom. The molecule has 0 aliphatic heterocycles. The van der Waals surface area contributed by atoms with E-state index in [0.29, 0.717) is 5.75 Å². The van der Waals surface area contributed by atoms with Crippen LogP contribution in [0.15, 0.2) is 54.6 Å². The highest BCUT2D eigenvalue weighted by atomic mass is 16.5. The molecule has 0 aromatic heterocycles. The Hall–Kier alpha value is -2.29. The summed E-state index contributed by atoms with van der Waals surface area (Å²) >= 11 is 0. The number of carboxylic acids is 1. The summed E-state index contributed by atoms with van der Waals surface area (Å²) in [4.78, 5) is 10.9. The number of rotatable bonds is 4. The van der Waals surface area contributed by atoms with Crippen LogP contribution in [0.4, 0.5) is 0 Å². The quantitative estimate of drug-likeness (QED) is 0.889. The molecule has 1 N–H and O–H groups in total. The van der Waals surface area contributed by atoms with Gasteiger partial charge in [-0.3, -0.25) is 4.79 Å². The van der Waals surface area contributed by atoms with Gasteiger partial charge < -0.3 is 9.84 Å². The summed E-state index contributed by atoms with van der Waals surface area (Å²) in [7, 11) is 0. The highest BCUT2D eigenvalue weighted by molar-refractivity contribution is 5.75. The molecule has 1 atom stereocenters. The van der Waals surface area contributed by atoms with Crippen molar-refractivity contribution in [1.29, 1.82) is 0 Å². The van der Waals surface area contributed by atoms with Crippen LogP contribution in [0.2, 0.25) is 0 Å². The molecule has 3 heteroatoms. The van der Waals surface area contributed by atoms with Crippen molar-refractivity contribution in [2.75, 3.05) is 0 Å². The van der Waals surface area contributed by atoms with Crippen molar-refractivity contribution in [2.45, 2.75) is 20.3 Å². The van der Waals surface area contributed by atoms with Crippen LogP contribution in [0, 0.1) is 0 Å². The Morgan fingerprint density at radius 1 is 1.05 bits per heavy atom. The zero-order valence-electron chi connectivity index (χ0n) is 10.0. The first-order valence-electron chi connectivity index (χ1n) is 5.72. The summed E-state index contributed by atoms with van der Waals surface area (Å²) < 4.78 is 5.66. The van der Waals surface area contributed by atoms with Gasteiger partial charge in [-0.05, 0) is 36.8 Å². The molecule has 0 radical (unpaired) electrons. The lowest BCUT2D eigenvalue weighted by atomic mass is 10.0. The van der Waals surface area contributed by atoms with E-state index in [1.54, 1.807) is 25.1 Å². The maximum Gasteiger partial charge on any atom is 0.310 e. The summed E-state index contributed by atoms with van der Waals surface area (Å²) in [6.07, 6.45) is 0. The molecular weight excluding hydrogens is 240 g/mol. The molecule has 0 spiro atoms. The Morgan fingerprint density at radius 2 is 1.68 bits per heavy atom. The van der Waals surface area contributed by atoms with E-state index < -0.39 is 11.9 Å². The zero-order chi connectivity index (χ0) is 13.0. The molecule has 0 saturated carbocycles. The molecule has 2 aromatic carbocycles. The van der Waals surface area contributed by atoms with Crippen molar-refractivity contribution >= 4 is 5.97 Å². The molecule has 0 saturated heterocycles. The Balaban J connectivity index is 0.00000180. The number of carboxylic acid groups (broad SMARTS) is 1. The predicted molar refractivity (Wildman–Crippen MR) is 75.7 cm³/mol. The standard InChI is InChI=1S/C15H14O3.CH4/c1-11(15(16)17)12-6-5-9-14(10-12)18-13-7-3-2-4-8-13;/h2-11H,1H3,(H,16,17);1H4. The van der Waals surface area contributed by atoms with Gasteiger partial charge in [0.15, 0.2) is 0 Å². The topological polar surface area (TPSA) is 46.5 Å². The third kappa shape index (κ3) is 3.85. The van der Waals surface area contributed by atoms with Gasteiger partial charge in [-0.1, -0.05) is 37.8 Å². The average Bonchev–Trinajstić information content (AvgIpc) is 2.39. The van der Waals surface area contributed by atoms with Crippen LogP contribution >= 0.6 is 0 Å². The second-order valence-corrected chi connectivity index (χ2v) is 4.05. The van der Waals surface area contributed by atoms with Gasteiger partial charge in [-0.15, -0.1) is 0 Å². The number of hydrogen-bond donors (Lipinski definition) is 1. The van der Waals surface area contributed by atoms with Gasteiger partial charge in [-0.25, -0.2) is 0 Å². The number of aliphatic carboxylic acids is 1. The third-order valence-corrected chi connectivity index (χ3v) is 2.71. The summed E-state index contributed by atoms with van der Waals surface area (Å²) in [5.41, 5.74) is 0.732. The largest absolute Gasteiger partial charge is 0.481 e. The van der Waals surface area contributed by atoms with Crippen LogP contribution in [0.25, 0.3) is 0 Å². The lowest BCUT2D eigenvalue weighted by Gasteiger charge is -2.10. The fraction of sp³-hybridized carbons (Fsp3) is 0.188. The van der Waals surface area contributed by atoms with E-state index in [-0.39, 0.29) is 7.43 Å². The number of ether oxygens (including phenoxy) is 1. The van der Waals surface area contributed by atoms with Crippen molar-refractivity contribution in [3.05, 3.63) is 60.2 Å². The molecule has 19 heavy (non-hydrogen) atoms. The molecule has 0 bridgehead atoms. The van der Waals surface area contributed by atoms with Crippen molar-refractivity contribution in [2.24, 2.45) is 0 Å². The smallest absolute Gasteiger partial charge is 0.310 e. The van der Waals surface area contributed by atoms with Gasteiger partial charge in [0.2, 0.25) is 0 Å². The first-order valence-corrected chi connectivity index (χ1v) is 5.72. The zero-order valence-corrected chi connectivity index (χ0v) is 10.0. The fourth-order valence-electron chi connectivity index (χ4n) is 1.61. The lowest BCUT2D eigenvalue weighted by molar-refractivity contribution is -0.138. The van der Waals surface area contributed by atoms with E-state index in [9.17, 15) is 4.79 Å². The molecule has 0 aliphatic carbocycles. The molecule has 1 unspecified atom stereocenters. The van der Waals surface area contributed by atoms with E-state index in [1.165, 1.54) is 0 Å². The first kappa shape index (κ1) is 14.8. The minimum absolute atomic E-state index is 0. The molecule has 2 rings (SSSR count). The van der Waals surface area contributed by atoms with E-state index in [0.717, 1.165) is 11.3 Å². The van der Waals surface area contributed by atoms with Crippen molar-refractivity contribution in [3.8, 4) is 11.5 Å². The second-order valence-electron chi connectivity index (χ2n) is 4.05. The van der Waals surface area contributed by atoms with Crippen LogP contribution in [0.1, 0.15) is 25.8 Å². The summed E-state index contributed by atoms with van der Waals surface area (Å²) in [6.45, 7) is 1.66. The lowest BCUT2D eigenvalue weighted by Crippen LogP contribution is -2.07. The molecule has 0 heterocycles. The molecule has 0 amide bonds. The number of carbonyl (C=O) groups is 1. The summed E-state index contributed by atoms with van der Waals surface area (Å²) in [6, 6.07) is 16.6. The fourth-order valence-corrected chi connectivity index (χ4v) is 1.61. The van der Waals surface area contributed by atoms with E-state index in [1.807, 2.05) is 36.4 Å². The third-order valence-electron chi connectivity index (χ3n) is 2.71. The first-order chi connectivity index (χ1) is 8.66. The molecule has 100 valence electrons. The van der Waals surface area contributed by atoms with Gasteiger partial charge in [0.05, 0.1) is 5.92 Å². The van der Waals surface area contributed by atoms with Gasteiger partial charge in [-0.2, -0.15) is 0 Å². The van der Waals surface area contributed by atoms with Crippen LogP contribution < -0.4 is 4.74 Å². The highest BCUT2D eigenvalue weighted by Gasteiger charge is 2.13. The van der Waals surface area contributed by atoms with Crippen LogP contribution in [0.3, 0.4) is 0 Å². The van der Waals surface area contributed by atoms with Gasteiger partial charge in [0.25, 0.3) is 0 Å². The summed E-state index contributed by atoms with van der Waals surface area (Å²) in [5.74, 6) is 0.000567. The molecule has 0 fully saturated rings. The van der Waals surface area contributed by atoms with Crippen molar-refractivity contribution in [1.82, 2.24) is 0 Å². The second kappa shape index (κ2) is 6.59.